The lowest BCUT2D eigenvalue weighted by molar-refractivity contribution is 0.280. The van der Waals surface area contributed by atoms with Crippen LogP contribution in [0.2, 0.25) is 0 Å². The minimum atomic E-state index is 0.646. The van der Waals surface area contributed by atoms with Crippen molar-refractivity contribution in [3.63, 3.8) is 0 Å². The highest BCUT2D eigenvalue weighted by molar-refractivity contribution is 7.99. The van der Waals surface area contributed by atoms with E-state index in [1.807, 2.05) is 11.8 Å². The molecule has 1 aliphatic rings. The summed E-state index contributed by atoms with van der Waals surface area (Å²) >= 11 is 1.93. The maximum absolute atomic E-state index is 3.79. The van der Waals surface area contributed by atoms with Crippen LogP contribution in [-0.2, 0) is 0 Å². The van der Waals surface area contributed by atoms with Gasteiger partial charge in [0.1, 0.15) is 0 Å². The predicted molar refractivity (Wildman–Crippen MR) is 82.4 cm³/mol. The van der Waals surface area contributed by atoms with E-state index < -0.39 is 0 Å². The molecule has 1 aromatic carbocycles. The van der Waals surface area contributed by atoms with Crippen LogP contribution >= 0.6 is 11.8 Å². The summed E-state index contributed by atoms with van der Waals surface area (Å²) < 4.78 is 0. The number of benzene rings is 1. The summed E-state index contributed by atoms with van der Waals surface area (Å²) in [4.78, 5) is 1.39. The largest absolute Gasteiger partial charge is 0.381 e. The zero-order valence-electron chi connectivity index (χ0n) is 11.8. The molecular formula is C16H25NS. The van der Waals surface area contributed by atoms with E-state index in [4.69, 9.17) is 0 Å². The number of rotatable bonds is 4. The average Bonchev–Trinajstić information content (AvgIpc) is 2.36. The molecule has 1 N–H and O–H groups in total. The van der Waals surface area contributed by atoms with Gasteiger partial charge in [-0.2, -0.15) is 0 Å². The summed E-state index contributed by atoms with van der Waals surface area (Å²) in [5.41, 5.74) is 1.33. The summed E-state index contributed by atoms with van der Waals surface area (Å²) in [7, 11) is 0. The quantitative estimate of drug-likeness (QED) is 0.764. The van der Waals surface area contributed by atoms with Gasteiger partial charge in [0.2, 0.25) is 0 Å². The molecule has 100 valence electrons. The molecule has 0 radical (unpaired) electrons. The Labute approximate surface area is 116 Å². The summed E-state index contributed by atoms with van der Waals surface area (Å²) in [6.07, 6.45) is 4.07. The molecule has 0 saturated heterocycles. The highest BCUT2D eigenvalue weighted by Crippen LogP contribution is 2.33. The van der Waals surface area contributed by atoms with E-state index in [0.717, 1.165) is 17.6 Å². The molecule has 2 heteroatoms. The van der Waals surface area contributed by atoms with Crippen LogP contribution < -0.4 is 5.32 Å². The summed E-state index contributed by atoms with van der Waals surface area (Å²) in [5.74, 6) is 2.79. The van der Waals surface area contributed by atoms with E-state index in [2.05, 4.69) is 50.4 Å². The maximum Gasteiger partial charge on any atom is 0.0480 e. The number of hydrogen-bond donors (Lipinski definition) is 1. The minimum Gasteiger partial charge on any atom is -0.381 e. The second-order valence-corrected chi connectivity index (χ2v) is 6.88. The topological polar surface area (TPSA) is 12.0 Å². The van der Waals surface area contributed by atoms with Crippen LogP contribution in [0.5, 0.6) is 0 Å². The van der Waals surface area contributed by atoms with Crippen molar-refractivity contribution in [3.05, 3.63) is 24.3 Å². The lowest BCUT2D eigenvalue weighted by Crippen LogP contribution is -2.33. The Morgan fingerprint density at radius 2 is 2.00 bits per heavy atom. The van der Waals surface area contributed by atoms with Gasteiger partial charge in [-0.05, 0) is 42.6 Å². The zero-order chi connectivity index (χ0) is 13.0. The minimum absolute atomic E-state index is 0.646. The molecule has 0 bridgehead atoms. The van der Waals surface area contributed by atoms with Gasteiger partial charge in [0.25, 0.3) is 0 Å². The van der Waals surface area contributed by atoms with Crippen LogP contribution in [0.3, 0.4) is 0 Å². The summed E-state index contributed by atoms with van der Waals surface area (Å²) in [6.45, 7) is 6.99. The molecule has 18 heavy (non-hydrogen) atoms. The van der Waals surface area contributed by atoms with Crippen LogP contribution in [0.15, 0.2) is 29.2 Å². The van der Waals surface area contributed by atoms with Crippen LogP contribution in [0.1, 0.15) is 40.0 Å². The SMILES string of the molecule is CCSc1ccccc1NC1CC(C)CCC1C. The molecule has 1 fully saturated rings. The van der Waals surface area contributed by atoms with Gasteiger partial charge in [-0.3, -0.25) is 0 Å². The Balaban J connectivity index is 2.07. The monoisotopic (exact) mass is 263 g/mol. The maximum atomic E-state index is 3.79. The molecule has 1 nitrogen and oxygen atoms in total. The van der Waals surface area contributed by atoms with Gasteiger partial charge in [-0.25, -0.2) is 0 Å². The Kier molecular flexibility index (Phi) is 4.99. The van der Waals surface area contributed by atoms with Crippen molar-refractivity contribution in [1.82, 2.24) is 0 Å². The van der Waals surface area contributed by atoms with Crippen LogP contribution in [0, 0.1) is 11.8 Å². The van der Waals surface area contributed by atoms with E-state index >= 15 is 0 Å². The third kappa shape index (κ3) is 3.44. The molecule has 0 heterocycles. The van der Waals surface area contributed by atoms with Crippen LogP contribution in [-0.4, -0.2) is 11.8 Å². The van der Waals surface area contributed by atoms with E-state index in [1.54, 1.807) is 0 Å². The third-order valence-electron chi connectivity index (χ3n) is 3.99. The molecule has 2 rings (SSSR count). The number of nitrogens with one attached hydrogen (secondary N) is 1. The van der Waals surface area contributed by atoms with Gasteiger partial charge in [-0.15, -0.1) is 11.8 Å². The Morgan fingerprint density at radius 1 is 1.22 bits per heavy atom. The standard InChI is InChI=1S/C16H25NS/c1-4-18-16-8-6-5-7-14(16)17-15-11-12(2)9-10-13(15)3/h5-8,12-13,15,17H,4,9-11H2,1-3H3. The first-order chi connectivity index (χ1) is 8.70. The van der Waals surface area contributed by atoms with Crippen LogP contribution in [0.25, 0.3) is 0 Å². The molecule has 0 amide bonds. The van der Waals surface area contributed by atoms with Crippen LogP contribution in [0.4, 0.5) is 5.69 Å². The van der Waals surface area contributed by atoms with Crippen molar-refractivity contribution in [2.24, 2.45) is 11.8 Å². The predicted octanol–water partition coefficient (Wildman–Crippen LogP) is 5.04. The molecule has 3 unspecified atom stereocenters. The van der Waals surface area contributed by atoms with Crippen molar-refractivity contribution in [1.29, 1.82) is 0 Å². The van der Waals surface area contributed by atoms with Gasteiger partial charge < -0.3 is 5.32 Å². The molecule has 1 aromatic rings. The van der Waals surface area contributed by atoms with Crippen molar-refractivity contribution >= 4 is 17.4 Å². The van der Waals surface area contributed by atoms with E-state index in [9.17, 15) is 0 Å². The second kappa shape index (κ2) is 6.51. The fourth-order valence-electron chi connectivity index (χ4n) is 2.80. The first-order valence-electron chi connectivity index (χ1n) is 7.19. The van der Waals surface area contributed by atoms with Crippen molar-refractivity contribution in [2.45, 2.75) is 51.0 Å². The fourth-order valence-corrected chi connectivity index (χ4v) is 3.57. The van der Waals surface area contributed by atoms with E-state index in [-0.39, 0.29) is 0 Å². The summed E-state index contributed by atoms with van der Waals surface area (Å²) in [5, 5.41) is 3.79. The lowest BCUT2D eigenvalue weighted by Gasteiger charge is -2.34. The van der Waals surface area contributed by atoms with E-state index in [1.165, 1.54) is 29.8 Å². The number of hydrogen-bond acceptors (Lipinski definition) is 2. The lowest BCUT2D eigenvalue weighted by atomic mass is 9.80. The highest BCUT2D eigenvalue weighted by Gasteiger charge is 2.25. The Morgan fingerprint density at radius 3 is 2.78 bits per heavy atom. The van der Waals surface area contributed by atoms with Crippen molar-refractivity contribution in [3.8, 4) is 0 Å². The zero-order valence-corrected chi connectivity index (χ0v) is 12.6. The Bertz CT molecular complexity index is 377. The van der Waals surface area contributed by atoms with Gasteiger partial charge in [0.05, 0.1) is 0 Å². The van der Waals surface area contributed by atoms with Gasteiger partial charge in [-0.1, -0.05) is 39.3 Å². The van der Waals surface area contributed by atoms with Gasteiger partial charge in [0, 0.05) is 16.6 Å². The van der Waals surface area contributed by atoms with Crippen molar-refractivity contribution in [2.75, 3.05) is 11.1 Å². The molecule has 1 saturated carbocycles. The summed E-state index contributed by atoms with van der Waals surface area (Å²) in [6, 6.07) is 9.37. The number of para-hydroxylation sites is 1. The van der Waals surface area contributed by atoms with E-state index in [0.29, 0.717) is 6.04 Å². The highest BCUT2D eigenvalue weighted by atomic mass is 32.2. The number of anilines is 1. The first kappa shape index (κ1) is 13.8. The molecular weight excluding hydrogens is 238 g/mol. The number of thioether (sulfide) groups is 1. The van der Waals surface area contributed by atoms with Gasteiger partial charge in [0.15, 0.2) is 0 Å². The van der Waals surface area contributed by atoms with Gasteiger partial charge >= 0.3 is 0 Å². The van der Waals surface area contributed by atoms with Crippen molar-refractivity contribution < 1.29 is 0 Å². The normalized spacial score (nSPS) is 28.1. The molecule has 1 aliphatic carbocycles. The molecule has 0 aromatic heterocycles. The molecule has 0 aliphatic heterocycles. The molecule has 0 spiro atoms. The third-order valence-corrected chi connectivity index (χ3v) is 4.94. The fraction of sp³-hybridized carbons (Fsp3) is 0.625. The first-order valence-corrected chi connectivity index (χ1v) is 8.17. The Hall–Kier alpha value is -0.630. The smallest absolute Gasteiger partial charge is 0.0480 e. The second-order valence-electron chi connectivity index (χ2n) is 5.58. The molecule has 3 atom stereocenters. The average molecular weight is 263 g/mol.